The van der Waals surface area contributed by atoms with Gasteiger partial charge in [-0.3, -0.25) is 0 Å². The van der Waals surface area contributed by atoms with E-state index < -0.39 is 74.6 Å². The van der Waals surface area contributed by atoms with E-state index in [0.29, 0.717) is 0 Å². The molecule has 11 nitrogen and oxygen atoms in total. The van der Waals surface area contributed by atoms with Crippen molar-refractivity contribution in [2.75, 3.05) is 13.2 Å². The van der Waals surface area contributed by atoms with Gasteiger partial charge in [-0.25, -0.2) is 0 Å². The quantitative estimate of drug-likeness (QED) is 0.243. The van der Waals surface area contributed by atoms with Crippen molar-refractivity contribution in [3.05, 3.63) is 0 Å². The molecule has 8 unspecified atom stereocenters. The molecule has 0 bridgehead atoms. The van der Waals surface area contributed by atoms with Crippen LogP contribution in [0.4, 0.5) is 0 Å². The van der Waals surface area contributed by atoms with Crippen molar-refractivity contribution < 1.29 is 55.1 Å². The van der Waals surface area contributed by atoms with E-state index in [1.807, 2.05) is 0 Å². The summed E-state index contributed by atoms with van der Waals surface area (Å²) in [7, 11) is 0. The van der Waals surface area contributed by atoms with Crippen molar-refractivity contribution in [3.63, 3.8) is 0 Å². The molecule has 10 atom stereocenters. The Hall–Kier alpha value is -0.440. The summed E-state index contributed by atoms with van der Waals surface area (Å²) in [5.41, 5.74) is 0. The van der Waals surface area contributed by atoms with E-state index in [-0.39, 0.29) is 0 Å². The number of rotatable bonds is 4. The van der Waals surface area contributed by atoms with E-state index in [0.717, 1.165) is 0 Å². The van der Waals surface area contributed by atoms with Gasteiger partial charge in [-0.15, -0.1) is 0 Å². The largest absolute Gasteiger partial charge is 0.394 e. The van der Waals surface area contributed by atoms with E-state index in [9.17, 15) is 35.7 Å². The average molecular weight is 342 g/mol. The molecule has 0 radical (unpaired) electrons. The number of aliphatic hydroxyl groups is 8. The highest BCUT2D eigenvalue weighted by atomic mass is 16.7. The lowest BCUT2D eigenvalue weighted by Gasteiger charge is -2.45. The Morgan fingerprint density at radius 3 is 1.83 bits per heavy atom. The van der Waals surface area contributed by atoms with Crippen molar-refractivity contribution in [1.29, 1.82) is 0 Å². The van der Waals surface area contributed by atoms with E-state index in [2.05, 4.69) is 0 Å². The van der Waals surface area contributed by atoms with Gasteiger partial charge in [0.1, 0.15) is 48.8 Å². The molecule has 0 spiro atoms. The van der Waals surface area contributed by atoms with Gasteiger partial charge in [0.15, 0.2) is 12.6 Å². The van der Waals surface area contributed by atoms with Gasteiger partial charge in [0.25, 0.3) is 0 Å². The second-order valence-corrected chi connectivity index (χ2v) is 5.53. The molecule has 0 aromatic carbocycles. The molecule has 2 aliphatic rings. The molecule has 23 heavy (non-hydrogen) atoms. The van der Waals surface area contributed by atoms with E-state index in [4.69, 9.17) is 19.3 Å². The number of ether oxygens (including phenoxy) is 3. The average Bonchev–Trinajstić information content (AvgIpc) is 2.55. The minimum atomic E-state index is -1.74. The Balaban J connectivity index is 2.11. The lowest BCUT2D eigenvalue weighted by molar-refractivity contribution is -0.355. The molecular weight excluding hydrogens is 320 g/mol. The topological polar surface area (TPSA) is 190 Å². The van der Waals surface area contributed by atoms with Crippen LogP contribution in [-0.2, 0) is 14.2 Å². The highest BCUT2D eigenvalue weighted by Gasteiger charge is 2.50. The van der Waals surface area contributed by atoms with Crippen LogP contribution in [0.15, 0.2) is 0 Å². The van der Waals surface area contributed by atoms with E-state index in [1.54, 1.807) is 0 Å². The zero-order chi connectivity index (χ0) is 17.3. The number of hydrogen-bond donors (Lipinski definition) is 8. The summed E-state index contributed by atoms with van der Waals surface area (Å²) in [6.07, 6.45) is -15.6. The molecule has 2 heterocycles. The minimum absolute atomic E-state index is 0.667. The zero-order valence-corrected chi connectivity index (χ0v) is 12.0. The molecule has 2 rings (SSSR count). The molecule has 0 aromatic heterocycles. The first kappa shape index (κ1) is 18.9. The normalized spacial score (nSPS) is 51.7. The van der Waals surface area contributed by atoms with Crippen LogP contribution in [0, 0.1) is 0 Å². The summed E-state index contributed by atoms with van der Waals surface area (Å²) in [5, 5.41) is 76.5. The molecule has 0 aliphatic carbocycles. The fourth-order valence-electron chi connectivity index (χ4n) is 2.57. The zero-order valence-electron chi connectivity index (χ0n) is 12.0. The Morgan fingerprint density at radius 1 is 0.652 bits per heavy atom. The number of hydrogen-bond acceptors (Lipinski definition) is 11. The molecule has 8 N–H and O–H groups in total. The maximum Gasteiger partial charge on any atom is 0.187 e. The molecule has 2 aliphatic heterocycles. The third-order valence-corrected chi connectivity index (χ3v) is 3.98. The summed E-state index contributed by atoms with van der Waals surface area (Å²) in [6, 6.07) is 0. The van der Waals surface area contributed by atoms with E-state index >= 15 is 0 Å². The predicted octanol–water partition coefficient (Wildman–Crippen LogP) is -5.40. The Morgan fingerprint density at radius 2 is 1.26 bits per heavy atom. The fourth-order valence-corrected chi connectivity index (χ4v) is 2.57. The van der Waals surface area contributed by atoms with Crippen LogP contribution in [0.2, 0.25) is 0 Å². The summed E-state index contributed by atoms with van der Waals surface area (Å²) in [6.45, 7) is -1.35. The van der Waals surface area contributed by atoms with Gasteiger partial charge < -0.3 is 55.1 Å². The first-order valence-corrected chi connectivity index (χ1v) is 7.08. The van der Waals surface area contributed by atoms with Crippen LogP contribution >= 0.6 is 0 Å². The molecule has 136 valence electrons. The fraction of sp³-hybridized carbons (Fsp3) is 1.00. The number of aliphatic hydroxyl groups excluding tert-OH is 8. The summed E-state index contributed by atoms with van der Waals surface area (Å²) in [4.78, 5) is 0. The Kier molecular flexibility index (Phi) is 6.27. The second-order valence-electron chi connectivity index (χ2n) is 5.53. The highest BCUT2D eigenvalue weighted by molar-refractivity contribution is 4.93. The van der Waals surface area contributed by atoms with Crippen molar-refractivity contribution in [2.45, 2.75) is 61.4 Å². The van der Waals surface area contributed by atoms with Crippen molar-refractivity contribution in [2.24, 2.45) is 0 Å². The lowest BCUT2D eigenvalue weighted by Crippen LogP contribution is -2.64. The van der Waals surface area contributed by atoms with Crippen molar-refractivity contribution >= 4 is 0 Å². The minimum Gasteiger partial charge on any atom is -0.394 e. The van der Waals surface area contributed by atoms with Gasteiger partial charge in [0, 0.05) is 0 Å². The van der Waals surface area contributed by atoms with Crippen LogP contribution in [-0.4, -0.2) is 115 Å². The summed E-state index contributed by atoms with van der Waals surface area (Å²) in [5.74, 6) is 0. The van der Waals surface area contributed by atoms with Crippen LogP contribution in [0.5, 0.6) is 0 Å². The standard InChI is InChI=1S/C12H22O11/c13-1-3-5(15)6(16)9(19)12(22-3)23-10-4(2-14)21-11(20)8(18)7(10)17/h3-20H,1-2H2/t3?,4?,5?,6?,7?,8?,9?,10-,11?,12-/m0/s1. The van der Waals surface area contributed by atoms with Gasteiger partial charge in [-0.1, -0.05) is 0 Å². The van der Waals surface area contributed by atoms with Crippen molar-refractivity contribution in [1.82, 2.24) is 0 Å². The highest BCUT2D eigenvalue weighted by Crippen LogP contribution is 2.28. The maximum absolute atomic E-state index is 9.94. The van der Waals surface area contributed by atoms with Crippen molar-refractivity contribution in [3.8, 4) is 0 Å². The molecule has 11 heteroatoms. The third-order valence-electron chi connectivity index (χ3n) is 3.98. The molecule has 0 aromatic rings. The van der Waals surface area contributed by atoms with Gasteiger partial charge in [-0.05, 0) is 0 Å². The molecule has 0 saturated carbocycles. The summed E-state index contributed by atoms with van der Waals surface area (Å²) < 4.78 is 15.3. The monoisotopic (exact) mass is 342 g/mol. The smallest absolute Gasteiger partial charge is 0.187 e. The first-order valence-electron chi connectivity index (χ1n) is 7.08. The SMILES string of the molecule is OCC1O[C@@H](O[C@H]2C(CO)OC(O)C(O)C2O)C(O)C(O)C1O. The summed E-state index contributed by atoms with van der Waals surface area (Å²) >= 11 is 0. The molecule has 0 amide bonds. The second kappa shape index (κ2) is 7.63. The van der Waals surface area contributed by atoms with Gasteiger partial charge in [0.2, 0.25) is 0 Å². The van der Waals surface area contributed by atoms with E-state index in [1.165, 1.54) is 0 Å². The predicted molar refractivity (Wildman–Crippen MR) is 68.6 cm³/mol. The van der Waals surface area contributed by atoms with Gasteiger partial charge in [0.05, 0.1) is 13.2 Å². The molecule has 2 saturated heterocycles. The molecular formula is C12H22O11. The van der Waals surface area contributed by atoms with Crippen LogP contribution in [0.3, 0.4) is 0 Å². The third kappa shape index (κ3) is 3.65. The molecule has 2 fully saturated rings. The Bertz CT molecular complexity index is 378. The van der Waals surface area contributed by atoms with Crippen LogP contribution in [0.25, 0.3) is 0 Å². The van der Waals surface area contributed by atoms with Gasteiger partial charge in [-0.2, -0.15) is 0 Å². The maximum atomic E-state index is 9.94. The first-order chi connectivity index (χ1) is 10.8. The van der Waals surface area contributed by atoms with Crippen LogP contribution < -0.4 is 0 Å². The van der Waals surface area contributed by atoms with Crippen LogP contribution in [0.1, 0.15) is 0 Å². The lowest BCUT2D eigenvalue weighted by atomic mass is 9.97. The Labute approximate surface area is 130 Å². The van der Waals surface area contributed by atoms with Gasteiger partial charge >= 0.3 is 0 Å².